The number of nitrogens with one attached hydrogen (secondary N) is 1. The highest BCUT2D eigenvalue weighted by molar-refractivity contribution is 7.84. The number of aromatic nitrogens is 2. The Morgan fingerprint density at radius 2 is 1.90 bits per heavy atom. The third-order valence-corrected chi connectivity index (χ3v) is 6.55. The van der Waals surface area contributed by atoms with E-state index in [0.29, 0.717) is 31.2 Å². The van der Waals surface area contributed by atoms with Crippen molar-refractivity contribution in [2.45, 2.75) is 32.7 Å². The Hall–Kier alpha value is -2.15. The molecule has 3 rings (SSSR count). The van der Waals surface area contributed by atoms with Crippen molar-refractivity contribution in [3.8, 4) is 0 Å². The predicted octanol–water partition coefficient (Wildman–Crippen LogP) is 4.71. The molecule has 30 heavy (non-hydrogen) atoms. The van der Waals surface area contributed by atoms with Gasteiger partial charge in [0.2, 0.25) is 0 Å². The summed E-state index contributed by atoms with van der Waals surface area (Å²) in [6.45, 7) is 6.06. The summed E-state index contributed by atoms with van der Waals surface area (Å²) >= 11 is 5.98. The van der Waals surface area contributed by atoms with Gasteiger partial charge in [-0.25, -0.2) is 0 Å². The molecule has 160 valence electrons. The minimum atomic E-state index is -0.919. The summed E-state index contributed by atoms with van der Waals surface area (Å²) in [5, 5.41) is 8.94. The molecule has 0 amide bonds. The molecule has 0 fully saturated rings. The molecule has 5 nitrogen and oxygen atoms in total. The highest BCUT2D eigenvalue weighted by Crippen LogP contribution is 2.19. The van der Waals surface area contributed by atoms with Crippen LogP contribution in [0.15, 0.2) is 48.5 Å². The van der Waals surface area contributed by atoms with Crippen molar-refractivity contribution < 1.29 is 8.95 Å². The van der Waals surface area contributed by atoms with Gasteiger partial charge in [-0.05, 0) is 49.2 Å². The Morgan fingerprint density at radius 3 is 2.63 bits per heavy atom. The van der Waals surface area contributed by atoms with Crippen molar-refractivity contribution in [1.29, 1.82) is 0 Å². The van der Waals surface area contributed by atoms with E-state index in [1.165, 1.54) is 11.1 Å². The van der Waals surface area contributed by atoms with Crippen molar-refractivity contribution in [2.75, 3.05) is 24.8 Å². The zero-order valence-electron chi connectivity index (χ0n) is 17.7. The summed E-state index contributed by atoms with van der Waals surface area (Å²) in [6.07, 6.45) is 0. The molecule has 1 aromatic heterocycles. The first-order chi connectivity index (χ1) is 14.5. The Balaban J connectivity index is 1.64. The predicted molar refractivity (Wildman–Crippen MR) is 125 cm³/mol. The largest absolute Gasteiger partial charge is 0.384 e. The van der Waals surface area contributed by atoms with Gasteiger partial charge in [0.25, 0.3) is 0 Å². The van der Waals surface area contributed by atoms with Gasteiger partial charge in [0, 0.05) is 57.9 Å². The maximum Gasteiger partial charge on any atom is 0.0662 e. The number of aryl methyl sites for hydroxylation is 1. The molecule has 0 bridgehead atoms. The first-order valence-electron chi connectivity index (χ1n) is 9.90. The Kier molecular flexibility index (Phi) is 8.08. The van der Waals surface area contributed by atoms with E-state index < -0.39 is 10.8 Å². The Bertz CT molecular complexity index is 1000. The molecule has 0 radical (unpaired) electrons. The van der Waals surface area contributed by atoms with Gasteiger partial charge in [-0.2, -0.15) is 5.10 Å². The fourth-order valence-corrected chi connectivity index (χ4v) is 4.48. The van der Waals surface area contributed by atoms with Crippen LogP contribution >= 0.6 is 11.6 Å². The summed E-state index contributed by atoms with van der Waals surface area (Å²) in [5.41, 5.74) is 6.59. The average Bonchev–Trinajstić information content (AvgIpc) is 2.99. The Morgan fingerprint density at radius 1 is 1.13 bits per heavy atom. The monoisotopic (exact) mass is 445 g/mol. The maximum absolute atomic E-state index is 12.1. The van der Waals surface area contributed by atoms with Crippen molar-refractivity contribution in [3.63, 3.8) is 0 Å². The summed E-state index contributed by atoms with van der Waals surface area (Å²) < 4.78 is 19.2. The van der Waals surface area contributed by atoms with Gasteiger partial charge in [0.1, 0.15) is 0 Å². The smallest absolute Gasteiger partial charge is 0.0662 e. The molecule has 0 saturated carbocycles. The number of halogens is 1. The summed E-state index contributed by atoms with van der Waals surface area (Å²) in [5.74, 6) is 1.09. The topological polar surface area (TPSA) is 56.1 Å². The lowest BCUT2D eigenvalue weighted by atomic mass is 10.1. The van der Waals surface area contributed by atoms with Crippen LogP contribution in [0.2, 0.25) is 5.02 Å². The van der Waals surface area contributed by atoms with Gasteiger partial charge in [-0.15, -0.1) is 0 Å². The van der Waals surface area contributed by atoms with Gasteiger partial charge in [-0.1, -0.05) is 35.9 Å². The highest BCUT2D eigenvalue weighted by Gasteiger charge is 2.12. The van der Waals surface area contributed by atoms with Crippen LogP contribution in [0.1, 0.15) is 28.1 Å². The number of nitrogens with zero attached hydrogens (tertiary/aromatic N) is 2. The quantitative estimate of drug-likeness (QED) is 0.491. The van der Waals surface area contributed by atoms with Gasteiger partial charge >= 0.3 is 0 Å². The lowest BCUT2D eigenvalue weighted by Crippen LogP contribution is -2.07. The second-order valence-corrected chi connectivity index (χ2v) is 9.28. The van der Waals surface area contributed by atoms with Crippen LogP contribution in [-0.2, 0) is 34.4 Å². The molecule has 7 heteroatoms. The van der Waals surface area contributed by atoms with E-state index in [9.17, 15) is 4.21 Å². The lowest BCUT2D eigenvalue weighted by molar-refractivity contribution is 0.218. The van der Waals surface area contributed by atoms with Crippen molar-refractivity contribution in [2.24, 2.45) is 0 Å². The SMILES string of the molecule is COCCS(=O)Cc1cccc(NCc2c(C)nn(Cc3ccc(Cl)cc3)c2C)c1. The highest BCUT2D eigenvalue weighted by atomic mass is 35.5. The molecule has 0 aliphatic rings. The number of benzene rings is 2. The molecule has 1 atom stereocenters. The second-order valence-electron chi connectivity index (χ2n) is 7.27. The van der Waals surface area contributed by atoms with Crippen LogP contribution in [0.4, 0.5) is 5.69 Å². The molecule has 0 spiro atoms. The van der Waals surface area contributed by atoms with Crippen LogP contribution in [-0.4, -0.2) is 33.5 Å². The fourth-order valence-electron chi connectivity index (χ4n) is 3.30. The second kappa shape index (κ2) is 10.8. The molecule has 3 aromatic rings. The van der Waals surface area contributed by atoms with Crippen LogP contribution in [0.3, 0.4) is 0 Å². The number of rotatable bonds is 10. The van der Waals surface area contributed by atoms with Gasteiger partial charge in [0.15, 0.2) is 0 Å². The van der Waals surface area contributed by atoms with E-state index in [2.05, 4.69) is 18.3 Å². The number of ether oxygens (including phenoxy) is 1. The van der Waals surface area contributed by atoms with Crippen molar-refractivity contribution in [1.82, 2.24) is 9.78 Å². The van der Waals surface area contributed by atoms with Crippen molar-refractivity contribution >= 4 is 28.1 Å². The number of hydrogen-bond donors (Lipinski definition) is 1. The Labute approximate surface area is 185 Å². The minimum Gasteiger partial charge on any atom is -0.384 e. The van der Waals surface area contributed by atoms with Crippen molar-refractivity contribution in [3.05, 3.63) is 81.6 Å². The lowest BCUT2D eigenvalue weighted by Gasteiger charge is -2.10. The first kappa shape index (κ1) is 22.5. The van der Waals surface area contributed by atoms with Crippen LogP contribution in [0.5, 0.6) is 0 Å². The zero-order chi connectivity index (χ0) is 21.5. The summed E-state index contributed by atoms with van der Waals surface area (Å²) in [4.78, 5) is 0. The van der Waals surface area contributed by atoms with Gasteiger partial charge < -0.3 is 10.1 Å². The number of methoxy groups -OCH3 is 1. The molecule has 1 unspecified atom stereocenters. The van der Waals surface area contributed by atoms with E-state index in [4.69, 9.17) is 21.4 Å². The van der Waals surface area contributed by atoms with Crippen LogP contribution in [0, 0.1) is 13.8 Å². The molecule has 0 aliphatic heterocycles. The van der Waals surface area contributed by atoms with Gasteiger partial charge in [-0.3, -0.25) is 8.89 Å². The molecule has 0 aliphatic carbocycles. The van der Waals surface area contributed by atoms with E-state index in [1.54, 1.807) is 7.11 Å². The zero-order valence-corrected chi connectivity index (χ0v) is 19.2. The van der Waals surface area contributed by atoms with Gasteiger partial charge in [0.05, 0.1) is 18.8 Å². The fraction of sp³-hybridized carbons (Fsp3) is 0.348. The van der Waals surface area contributed by atoms with E-state index in [-0.39, 0.29) is 0 Å². The van der Waals surface area contributed by atoms with E-state index >= 15 is 0 Å². The number of anilines is 1. The molecule has 0 saturated heterocycles. The third kappa shape index (κ3) is 6.17. The standard InChI is InChI=1S/C23H28ClN3O2S/c1-17-23(18(2)27(26-17)15-19-7-9-21(24)10-8-19)14-25-22-6-4-5-20(13-22)16-30(28)12-11-29-3/h4-10,13,25H,11-12,14-16H2,1-3H3. The maximum atomic E-state index is 12.1. The normalized spacial score (nSPS) is 12.1. The van der Waals surface area contributed by atoms with Crippen LogP contribution in [0.25, 0.3) is 0 Å². The van der Waals surface area contributed by atoms with E-state index in [1.807, 2.05) is 54.1 Å². The summed E-state index contributed by atoms with van der Waals surface area (Å²) in [6, 6.07) is 16.0. The van der Waals surface area contributed by atoms with Crippen LogP contribution < -0.4 is 5.32 Å². The minimum absolute atomic E-state index is 0.517. The summed E-state index contributed by atoms with van der Waals surface area (Å²) in [7, 11) is 0.710. The molecule has 1 heterocycles. The van der Waals surface area contributed by atoms with E-state index in [0.717, 1.165) is 27.7 Å². The molecular weight excluding hydrogens is 418 g/mol. The number of hydrogen-bond acceptors (Lipinski definition) is 4. The first-order valence-corrected chi connectivity index (χ1v) is 11.8. The molecule has 1 N–H and O–H groups in total. The average molecular weight is 446 g/mol. The molecule has 2 aromatic carbocycles. The third-order valence-electron chi connectivity index (χ3n) is 5.02. The molecular formula is C23H28ClN3O2S.